The van der Waals surface area contributed by atoms with Crippen LogP contribution in [-0.4, -0.2) is 49.8 Å². The normalized spacial score (nSPS) is 50.5. The van der Waals surface area contributed by atoms with Crippen LogP contribution in [0.3, 0.4) is 0 Å². The average molecular weight is 264 g/mol. The van der Waals surface area contributed by atoms with Gasteiger partial charge in [-0.1, -0.05) is 6.42 Å². The quantitative estimate of drug-likeness (QED) is 0.547. The van der Waals surface area contributed by atoms with E-state index in [1.54, 1.807) is 0 Å². The molecule has 4 atom stereocenters. The fourth-order valence-corrected chi connectivity index (χ4v) is 5.16. The lowest BCUT2D eigenvalue weighted by molar-refractivity contribution is 0.0135. The van der Waals surface area contributed by atoms with Crippen molar-refractivity contribution >= 4 is 0 Å². The van der Waals surface area contributed by atoms with E-state index >= 15 is 0 Å². The third-order valence-electron chi connectivity index (χ3n) is 6.22. The van der Waals surface area contributed by atoms with Gasteiger partial charge >= 0.3 is 0 Å². The minimum Gasteiger partial charge on any atom is -0.315 e. The SMILES string of the molecule is C1CCC2(CNCCC2C2NCC23CCCN3)NC1. The Morgan fingerprint density at radius 2 is 1.63 bits per heavy atom. The van der Waals surface area contributed by atoms with Crippen molar-refractivity contribution in [1.82, 2.24) is 21.3 Å². The van der Waals surface area contributed by atoms with E-state index in [0.29, 0.717) is 17.1 Å². The maximum atomic E-state index is 3.91. The van der Waals surface area contributed by atoms with Crippen LogP contribution in [-0.2, 0) is 0 Å². The highest BCUT2D eigenvalue weighted by atomic mass is 15.2. The molecular formula is C15H28N4. The van der Waals surface area contributed by atoms with Crippen molar-refractivity contribution in [2.24, 2.45) is 5.92 Å². The van der Waals surface area contributed by atoms with Crippen LogP contribution in [0, 0.1) is 5.92 Å². The summed E-state index contributed by atoms with van der Waals surface area (Å²) in [5.74, 6) is 0.799. The van der Waals surface area contributed by atoms with Crippen LogP contribution in [0.1, 0.15) is 38.5 Å². The first kappa shape index (κ1) is 12.6. The second-order valence-electron chi connectivity index (χ2n) is 7.16. The molecule has 0 bridgehead atoms. The fraction of sp³-hybridized carbons (Fsp3) is 1.00. The molecule has 0 aromatic heterocycles. The molecule has 4 rings (SSSR count). The largest absolute Gasteiger partial charge is 0.315 e. The zero-order chi connectivity index (χ0) is 12.8. The van der Waals surface area contributed by atoms with E-state index in [1.807, 2.05) is 0 Å². The standard InChI is InChI=1S/C15H28N4/c1-2-7-18-14(5-1)10-16-9-4-12(14)13-15(11-17-13)6-3-8-19-15/h12-13,16-19H,1-11H2. The summed E-state index contributed by atoms with van der Waals surface area (Å²) in [4.78, 5) is 0. The molecule has 0 aromatic carbocycles. The summed E-state index contributed by atoms with van der Waals surface area (Å²) < 4.78 is 0. The molecule has 0 saturated carbocycles. The highest BCUT2D eigenvalue weighted by molar-refractivity contribution is 5.19. The van der Waals surface area contributed by atoms with Crippen molar-refractivity contribution in [2.75, 3.05) is 32.7 Å². The van der Waals surface area contributed by atoms with Gasteiger partial charge in [-0.15, -0.1) is 0 Å². The second-order valence-corrected chi connectivity index (χ2v) is 7.16. The van der Waals surface area contributed by atoms with Crippen molar-refractivity contribution < 1.29 is 0 Å². The topological polar surface area (TPSA) is 48.1 Å². The van der Waals surface area contributed by atoms with E-state index < -0.39 is 0 Å². The summed E-state index contributed by atoms with van der Waals surface area (Å²) in [6.45, 7) is 6.00. The molecule has 4 aliphatic heterocycles. The predicted molar refractivity (Wildman–Crippen MR) is 77.3 cm³/mol. The number of rotatable bonds is 1. The third kappa shape index (κ3) is 1.88. The number of nitrogens with one attached hydrogen (secondary N) is 4. The molecule has 0 aliphatic carbocycles. The van der Waals surface area contributed by atoms with Gasteiger partial charge in [0.25, 0.3) is 0 Å². The molecule has 4 unspecified atom stereocenters. The first-order chi connectivity index (χ1) is 9.35. The predicted octanol–water partition coefficient (Wildman–Crippen LogP) is 0.202. The van der Waals surface area contributed by atoms with Crippen LogP contribution in [0.2, 0.25) is 0 Å². The van der Waals surface area contributed by atoms with E-state index in [9.17, 15) is 0 Å². The lowest BCUT2D eigenvalue weighted by Gasteiger charge is -2.59. The van der Waals surface area contributed by atoms with Gasteiger partial charge in [-0.05, 0) is 57.7 Å². The highest BCUT2D eigenvalue weighted by Gasteiger charge is 2.56. The Kier molecular flexibility index (Phi) is 3.10. The minimum absolute atomic E-state index is 0.367. The van der Waals surface area contributed by atoms with Crippen molar-refractivity contribution in [2.45, 2.75) is 55.6 Å². The lowest BCUT2D eigenvalue weighted by atomic mass is 9.62. The fourth-order valence-electron chi connectivity index (χ4n) is 5.16. The highest BCUT2D eigenvalue weighted by Crippen LogP contribution is 2.42. The molecular weight excluding hydrogens is 236 g/mol. The molecule has 0 amide bonds. The Hall–Kier alpha value is -0.160. The molecule has 4 heterocycles. The molecule has 4 heteroatoms. The number of hydrogen-bond donors (Lipinski definition) is 4. The van der Waals surface area contributed by atoms with Crippen LogP contribution < -0.4 is 21.3 Å². The van der Waals surface area contributed by atoms with Crippen molar-refractivity contribution in [3.05, 3.63) is 0 Å². The molecule has 108 valence electrons. The van der Waals surface area contributed by atoms with Gasteiger partial charge in [-0.3, -0.25) is 0 Å². The smallest absolute Gasteiger partial charge is 0.0465 e. The monoisotopic (exact) mass is 264 g/mol. The Morgan fingerprint density at radius 3 is 2.32 bits per heavy atom. The summed E-state index contributed by atoms with van der Waals surface area (Å²) in [5.41, 5.74) is 0.806. The van der Waals surface area contributed by atoms with Crippen molar-refractivity contribution in [3.8, 4) is 0 Å². The molecule has 4 aliphatic rings. The van der Waals surface area contributed by atoms with E-state index in [-0.39, 0.29) is 0 Å². The van der Waals surface area contributed by atoms with Gasteiger partial charge in [0.15, 0.2) is 0 Å². The maximum Gasteiger partial charge on any atom is 0.0465 e. The molecule has 0 radical (unpaired) electrons. The van der Waals surface area contributed by atoms with Crippen LogP contribution in [0.25, 0.3) is 0 Å². The van der Waals surface area contributed by atoms with Crippen LogP contribution in [0.4, 0.5) is 0 Å². The van der Waals surface area contributed by atoms with Gasteiger partial charge in [-0.25, -0.2) is 0 Å². The lowest BCUT2D eigenvalue weighted by Crippen LogP contribution is -2.80. The molecule has 4 saturated heterocycles. The van der Waals surface area contributed by atoms with E-state index in [0.717, 1.165) is 5.92 Å². The third-order valence-corrected chi connectivity index (χ3v) is 6.22. The molecule has 4 fully saturated rings. The Labute approximate surface area is 116 Å². The van der Waals surface area contributed by atoms with Gasteiger partial charge in [0.2, 0.25) is 0 Å². The van der Waals surface area contributed by atoms with Gasteiger partial charge in [0.05, 0.1) is 0 Å². The summed E-state index contributed by atoms with van der Waals surface area (Å²) in [6.07, 6.45) is 8.19. The average Bonchev–Trinajstić information content (AvgIpc) is 2.93. The number of piperidine rings is 2. The Morgan fingerprint density at radius 1 is 0.789 bits per heavy atom. The second kappa shape index (κ2) is 4.69. The van der Waals surface area contributed by atoms with Gasteiger partial charge in [0, 0.05) is 30.2 Å². The van der Waals surface area contributed by atoms with Crippen LogP contribution in [0.5, 0.6) is 0 Å². The van der Waals surface area contributed by atoms with Crippen LogP contribution >= 0.6 is 0 Å². The summed E-state index contributed by atoms with van der Waals surface area (Å²) in [6, 6.07) is 0.697. The summed E-state index contributed by atoms with van der Waals surface area (Å²) in [5, 5.41) is 15.2. The Balaban J connectivity index is 1.57. The van der Waals surface area contributed by atoms with Gasteiger partial charge in [-0.2, -0.15) is 0 Å². The molecule has 2 spiro atoms. The molecule has 4 nitrogen and oxygen atoms in total. The van der Waals surface area contributed by atoms with Gasteiger partial charge in [0.1, 0.15) is 0 Å². The first-order valence-electron chi connectivity index (χ1n) is 8.29. The minimum atomic E-state index is 0.367. The van der Waals surface area contributed by atoms with Crippen molar-refractivity contribution in [3.63, 3.8) is 0 Å². The van der Waals surface area contributed by atoms with Gasteiger partial charge < -0.3 is 21.3 Å². The number of hydrogen-bond acceptors (Lipinski definition) is 4. The van der Waals surface area contributed by atoms with E-state index in [1.165, 1.54) is 71.2 Å². The maximum absolute atomic E-state index is 3.91. The summed E-state index contributed by atoms with van der Waals surface area (Å²) in [7, 11) is 0. The van der Waals surface area contributed by atoms with E-state index in [4.69, 9.17) is 0 Å². The zero-order valence-corrected chi connectivity index (χ0v) is 11.9. The van der Waals surface area contributed by atoms with E-state index in [2.05, 4.69) is 21.3 Å². The first-order valence-corrected chi connectivity index (χ1v) is 8.29. The van der Waals surface area contributed by atoms with Crippen LogP contribution in [0.15, 0.2) is 0 Å². The van der Waals surface area contributed by atoms with Crippen molar-refractivity contribution in [1.29, 1.82) is 0 Å². The molecule has 0 aromatic rings. The zero-order valence-electron chi connectivity index (χ0n) is 11.9. The molecule has 4 N–H and O–H groups in total. The summed E-state index contributed by atoms with van der Waals surface area (Å²) >= 11 is 0. The Bertz CT molecular complexity index is 323. The molecule has 19 heavy (non-hydrogen) atoms.